The van der Waals surface area contributed by atoms with Gasteiger partial charge in [0.1, 0.15) is 48.8 Å². The Labute approximate surface area is 406 Å². The molecule has 7 rings (SSSR count). The largest absolute Gasteiger partial charge is 0.481 e. The number of allylic oxidation sites excluding steroid dienone is 7. The molecular weight excluding hydrogens is 893 g/mol. The number of carbonyl (C=O) groups is 2. The van der Waals surface area contributed by atoms with Gasteiger partial charge in [0.2, 0.25) is 0 Å². The molecule has 0 aliphatic carbocycles. The Morgan fingerprint density at radius 1 is 0.725 bits per heavy atom. The van der Waals surface area contributed by atoms with Crippen LogP contribution in [0.5, 0.6) is 0 Å². The van der Waals surface area contributed by atoms with Gasteiger partial charge in [-0.1, -0.05) is 106 Å². The Kier molecular flexibility index (Phi) is 21.2. The molecule has 0 saturated carbocycles. The summed E-state index contributed by atoms with van der Waals surface area (Å²) in [6, 6.07) is 0. The zero-order valence-corrected chi connectivity index (χ0v) is 40.3. The van der Waals surface area contributed by atoms with Crippen LogP contribution in [0.4, 0.5) is 0 Å². The molecule has 7 aliphatic rings. The van der Waals surface area contributed by atoms with Gasteiger partial charge in [0.15, 0.2) is 12.4 Å². The molecule has 384 valence electrons. The summed E-state index contributed by atoms with van der Waals surface area (Å²) < 4.78 is 43.7. The third-order valence-electron chi connectivity index (χ3n) is 14.1. The highest BCUT2D eigenvalue weighted by atomic mass is 16.7. The molecule has 16 heteroatoms. The average molecular weight is 969 g/mol. The van der Waals surface area contributed by atoms with E-state index in [-0.39, 0.29) is 61.1 Å². The number of aliphatic hydroxyl groups excluding tert-OH is 6. The van der Waals surface area contributed by atoms with Crippen molar-refractivity contribution in [3.8, 4) is 0 Å². The van der Waals surface area contributed by atoms with Crippen LogP contribution in [0.3, 0.4) is 0 Å². The van der Waals surface area contributed by atoms with Crippen molar-refractivity contribution in [3.05, 3.63) is 96.7 Å². The fourth-order valence-electron chi connectivity index (χ4n) is 9.83. The Morgan fingerprint density at radius 3 is 2.28 bits per heavy atom. The molecule has 7 bridgehead atoms. The molecule has 7 heterocycles. The molecule has 69 heavy (non-hydrogen) atoms. The summed E-state index contributed by atoms with van der Waals surface area (Å²) in [7, 11) is 0. The zero-order valence-electron chi connectivity index (χ0n) is 40.3. The molecule has 4 saturated heterocycles. The SMILES string of the molecule is C/C(=C\[C@H](C)CCCCC(=O)O)[C@@H]1O[C@@H]2C=C[C@@H]1OC(=O)\C=C/C=C\C=C\[C@H]1O[C@@H]3C[C@H]1O[C@@H](/C=C/C[C@H]1O[C@H](C[C@H](O)[C@H]1C)[C@@H](O)[C@@H](O[C@@H]1O[C@H](CO)[C@@H](O)[C@H](O)[C@H]1O)/C=C/CC/C=C/C2)[C@@H]3C. The van der Waals surface area contributed by atoms with Gasteiger partial charge in [-0.15, -0.1) is 0 Å². The molecule has 0 aromatic rings. The van der Waals surface area contributed by atoms with Crippen LogP contribution in [-0.2, 0) is 42.7 Å². The number of unbranched alkanes of at least 4 members (excludes halogenated alkanes) is 1. The van der Waals surface area contributed by atoms with Crippen LogP contribution in [0.15, 0.2) is 96.7 Å². The first-order valence-electron chi connectivity index (χ1n) is 24.9. The first-order valence-corrected chi connectivity index (χ1v) is 24.9. The van der Waals surface area contributed by atoms with Crippen molar-refractivity contribution < 1.29 is 78.5 Å². The second-order valence-electron chi connectivity index (χ2n) is 19.5. The number of hydrogen-bond donors (Lipinski definition) is 7. The molecule has 4 fully saturated rings. The number of esters is 1. The average Bonchev–Trinajstić information content (AvgIpc) is 3.67. The summed E-state index contributed by atoms with van der Waals surface area (Å²) >= 11 is 0. The maximum absolute atomic E-state index is 13.1. The first kappa shape index (κ1) is 54.7. The Hall–Kier alpha value is -3.62. The third-order valence-corrected chi connectivity index (χ3v) is 14.1. The van der Waals surface area contributed by atoms with E-state index >= 15 is 0 Å². The number of ether oxygens (including phenoxy) is 7. The highest BCUT2D eigenvalue weighted by Crippen LogP contribution is 2.39. The first-order chi connectivity index (χ1) is 33.1. The lowest BCUT2D eigenvalue weighted by atomic mass is 9.85. The van der Waals surface area contributed by atoms with E-state index in [9.17, 15) is 40.2 Å². The van der Waals surface area contributed by atoms with Gasteiger partial charge in [0, 0.05) is 37.2 Å². The molecule has 0 aromatic carbocycles. The normalized spacial score (nSPS) is 43.7. The highest BCUT2D eigenvalue weighted by Gasteiger charge is 2.48. The van der Waals surface area contributed by atoms with Crippen molar-refractivity contribution in [1.29, 1.82) is 0 Å². The van der Waals surface area contributed by atoms with E-state index in [4.69, 9.17) is 38.3 Å². The number of fused-ring (bicyclic) bond motifs is 13. The zero-order chi connectivity index (χ0) is 49.6. The van der Waals surface area contributed by atoms with Crippen molar-refractivity contribution in [2.24, 2.45) is 17.8 Å². The molecule has 20 atom stereocenters. The number of aliphatic carboxylic acids is 1. The summed E-state index contributed by atoms with van der Waals surface area (Å²) in [5, 5.41) is 73.8. The number of hydrogen-bond acceptors (Lipinski definition) is 15. The van der Waals surface area contributed by atoms with Crippen LogP contribution in [-0.4, -0.2) is 158 Å². The van der Waals surface area contributed by atoms with E-state index < -0.39 is 92.0 Å². The van der Waals surface area contributed by atoms with Gasteiger partial charge in [-0.2, -0.15) is 0 Å². The highest BCUT2D eigenvalue weighted by molar-refractivity contribution is 5.82. The monoisotopic (exact) mass is 969 g/mol. The smallest absolute Gasteiger partial charge is 0.331 e. The quantitative estimate of drug-likeness (QED) is 0.0898. The van der Waals surface area contributed by atoms with Gasteiger partial charge in [0.25, 0.3) is 0 Å². The second-order valence-corrected chi connectivity index (χ2v) is 19.5. The van der Waals surface area contributed by atoms with Gasteiger partial charge < -0.3 is 68.9 Å². The maximum Gasteiger partial charge on any atom is 0.331 e. The minimum Gasteiger partial charge on any atom is -0.481 e. The summed E-state index contributed by atoms with van der Waals surface area (Å²) in [5.41, 5.74) is 0.901. The standard InChI is InChI=1S/C53H76O16/c1-31(17-14-15-23-46(56)57)27-32(2)52-41-26-25-35(63-52)18-10-6-5-7-12-20-40(68-53-51(62)50(61)49(60)45(30-54)69-53)48(59)44-28-36(55)33(3)37(65-44)21-16-22-38-34(4)42-29-43(64-38)39(66-42)19-11-8-9-13-24-47(58)67-41/h6,8-13,16,19-20,22,24-27,31,33-45,48-55,59-62H,5,7,14-15,17-18,21,23,28-30H2,1-4H3,(H,56,57)/b9-8-,10-6+,19-11+,20-12+,22-16+,24-13-,32-27+/t31-,33-,34+,35+,36+,37-,38+,39-,40+,41+,42-,43-,44-,45-,48+,49-,50+,51-,52+,53-/m1/s1. The lowest BCUT2D eigenvalue weighted by Gasteiger charge is -2.43. The lowest BCUT2D eigenvalue weighted by molar-refractivity contribution is -0.316. The van der Waals surface area contributed by atoms with E-state index in [1.54, 1.807) is 24.3 Å². The van der Waals surface area contributed by atoms with Gasteiger partial charge >= 0.3 is 11.9 Å². The van der Waals surface area contributed by atoms with Crippen LogP contribution in [0, 0.1) is 17.8 Å². The van der Waals surface area contributed by atoms with Crippen LogP contribution in [0.2, 0.25) is 0 Å². The minimum atomic E-state index is -1.70. The van der Waals surface area contributed by atoms with Crippen LogP contribution in [0.1, 0.15) is 91.9 Å². The molecule has 7 N–H and O–H groups in total. The van der Waals surface area contributed by atoms with E-state index in [1.807, 2.05) is 68.5 Å². The van der Waals surface area contributed by atoms with E-state index in [0.29, 0.717) is 32.1 Å². The number of rotatable bonds is 10. The summed E-state index contributed by atoms with van der Waals surface area (Å²) in [5.74, 6) is -1.39. The topological polar surface area (TPSA) is 240 Å². The van der Waals surface area contributed by atoms with Gasteiger partial charge in [0.05, 0.1) is 49.3 Å². The molecule has 0 spiro atoms. The Bertz CT molecular complexity index is 1890. The second kappa shape index (κ2) is 26.7. The van der Waals surface area contributed by atoms with Crippen molar-refractivity contribution in [1.82, 2.24) is 0 Å². The van der Waals surface area contributed by atoms with Crippen molar-refractivity contribution in [3.63, 3.8) is 0 Å². The number of carboxylic acids is 1. The van der Waals surface area contributed by atoms with Crippen molar-refractivity contribution in [2.75, 3.05) is 6.61 Å². The number of carboxylic acid groups (broad SMARTS) is 1. The van der Waals surface area contributed by atoms with E-state index in [2.05, 4.69) is 19.9 Å². The van der Waals surface area contributed by atoms with E-state index in [0.717, 1.165) is 24.8 Å². The molecule has 0 amide bonds. The van der Waals surface area contributed by atoms with Crippen LogP contribution in [0.25, 0.3) is 0 Å². The maximum atomic E-state index is 13.1. The lowest BCUT2D eigenvalue weighted by Crippen LogP contribution is -2.60. The predicted octanol–water partition coefficient (Wildman–Crippen LogP) is 4.62. The molecular formula is C53H76O16. The number of carbonyl (C=O) groups excluding carboxylic acids is 1. The van der Waals surface area contributed by atoms with Gasteiger partial charge in [-0.05, 0) is 63.0 Å². The van der Waals surface area contributed by atoms with Crippen molar-refractivity contribution in [2.45, 2.75) is 196 Å². The number of aliphatic hydroxyl groups is 6. The molecule has 7 aliphatic heterocycles. The van der Waals surface area contributed by atoms with Crippen LogP contribution < -0.4 is 0 Å². The summed E-state index contributed by atoms with van der Waals surface area (Å²) in [6.45, 7) is 7.36. The fraction of sp³-hybridized carbons (Fsp3) is 0.660. The van der Waals surface area contributed by atoms with Crippen LogP contribution >= 0.6 is 0 Å². The molecule has 16 nitrogen and oxygen atoms in total. The van der Waals surface area contributed by atoms with Gasteiger partial charge in [-0.25, -0.2) is 4.79 Å². The van der Waals surface area contributed by atoms with Gasteiger partial charge in [-0.3, -0.25) is 4.79 Å². The molecule has 0 unspecified atom stereocenters. The summed E-state index contributed by atoms with van der Waals surface area (Å²) in [4.78, 5) is 24.1. The Balaban J connectivity index is 1.22. The van der Waals surface area contributed by atoms with E-state index in [1.165, 1.54) is 6.08 Å². The fourth-order valence-corrected chi connectivity index (χ4v) is 9.83. The third kappa shape index (κ3) is 15.4. The Morgan fingerprint density at radius 2 is 1.49 bits per heavy atom. The molecule has 0 aromatic heterocycles. The summed E-state index contributed by atoms with van der Waals surface area (Å²) in [6.07, 6.45) is 18.2. The van der Waals surface area contributed by atoms with Crippen molar-refractivity contribution >= 4 is 11.9 Å². The predicted molar refractivity (Wildman–Crippen MR) is 254 cm³/mol. The molecule has 0 radical (unpaired) electrons. The minimum absolute atomic E-state index is 0.0148.